The van der Waals surface area contributed by atoms with Crippen LogP contribution < -0.4 is 5.32 Å². The molecule has 1 aromatic heterocycles. The van der Waals surface area contributed by atoms with Gasteiger partial charge in [-0.2, -0.15) is 5.26 Å². The van der Waals surface area contributed by atoms with Crippen molar-refractivity contribution in [1.82, 2.24) is 0 Å². The summed E-state index contributed by atoms with van der Waals surface area (Å²) in [5.41, 5.74) is 2.69. The molecule has 1 aliphatic heterocycles. The average Bonchev–Trinajstić information content (AvgIpc) is 3.28. The standard InChI is InChI=1S/C24H27N3O2S/c1-3-4-5-9-14-30-24-20(15-25)22(18-12-13-29-16-18)21(17(2)26-24)23(28)27-19-10-7-6-8-11-19/h6-8,10-13,16,20,22H,3-5,9,14H2,1-2H3,(H,27,28)/t20?,22-/m1/s1. The third kappa shape index (κ3) is 5.22. The van der Waals surface area contributed by atoms with Crippen molar-refractivity contribution in [3.63, 3.8) is 0 Å². The van der Waals surface area contributed by atoms with E-state index in [1.807, 2.05) is 43.3 Å². The van der Waals surface area contributed by atoms with Gasteiger partial charge in [0.05, 0.1) is 23.6 Å². The van der Waals surface area contributed by atoms with Gasteiger partial charge in [0.1, 0.15) is 5.92 Å². The van der Waals surface area contributed by atoms with E-state index in [4.69, 9.17) is 9.41 Å². The first-order valence-electron chi connectivity index (χ1n) is 10.4. The van der Waals surface area contributed by atoms with E-state index in [0.29, 0.717) is 17.0 Å². The number of amides is 1. The highest BCUT2D eigenvalue weighted by molar-refractivity contribution is 8.14. The third-order valence-electron chi connectivity index (χ3n) is 5.14. The number of carbonyl (C=O) groups excluding carboxylic acids is 1. The van der Waals surface area contributed by atoms with Crippen LogP contribution in [0, 0.1) is 17.2 Å². The quantitative estimate of drug-likeness (QED) is 0.519. The molecule has 1 amide bonds. The molecular weight excluding hydrogens is 394 g/mol. The van der Waals surface area contributed by atoms with E-state index in [2.05, 4.69) is 18.3 Å². The Balaban J connectivity index is 1.89. The van der Waals surface area contributed by atoms with E-state index in [9.17, 15) is 10.1 Å². The van der Waals surface area contributed by atoms with Crippen LogP contribution in [0.3, 0.4) is 0 Å². The van der Waals surface area contributed by atoms with Crippen molar-refractivity contribution in [2.45, 2.75) is 45.4 Å². The predicted octanol–water partition coefficient (Wildman–Crippen LogP) is 6.14. The fourth-order valence-electron chi connectivity index (χ4n) is 3.62. The summed E-state index contributed by atoms with van der Waals surface area (Å²) in [6.07, 6.45) is 7.88. The van der Waals surface area contributed by atoms with Gasteiger partial charge in [-0.3, -0.25) is 4.79 Å². The molecule has 2 aromatic rings. The molecule has 1 N–H and O–H groups in total. The van der Waals surface area contributed by atoms with Gasteiger partial charge in [0, 0.05) is 22.9 Å². The van der Waals surface area contributed by atoms with E-state index >= 15 is 0 Å². The molecular formula is C24H27N3O2S. The van der Waals surface area contributed by atoms with Gasteiger partial charge in [0.25, 0.3) is 5.91 Å². The molecule has 5 nitrogen and oxygen atoms in total. The number of thioether (sulfide) groups is 1. The number of nitriles is 1. The molecule has 0 radical (unpaired) electrons. The minimum atomic E-state index is -0.515. The normalized spacial score (nSPS) is 18.6. The van der Waals surface area contributed by atoms with Crippen LogP contribution in [0.1, 0.15) is 51.0 Å². The first kappa shape index (κ1) is 21.9. The van der Waals surface area contributed by atoms with Crippen LogP contribution in [0.15, 0.2) is 69.6 Å². The van der Waals surface area contributed by atoms with Crippen molar-refractivity contribution in [1.29, 1.82) is 5.26 Å². The number of nitrogens with zero attached hydrogens (tertiary/aromatic N) is 2. The molecule has 156 valence electrons. The van der Waals surface area contributed by atoms with Crippen LogP contribution in [-0.4, -0.2) is 16.7 Å². The molecule has 0 saturated carbocycles. The van der Waals surface area contributed by atoms with E-state index in [0.717, 1.165) is 22.8 Å². The molecule has 0 aliphatic carbocycles. The summed E-state index contributed by atoms with van der Waals surface area (Å²) in [6, 6.07) is 13.5. The number of unbranched alkanes of at least 4 members (excludes halogenated alkanes) is 3. The summed E-state index contributed by atoms with van der Waals surface area (Å²) in [5.74, 6) is -0.235. The second kappa shape index (κ2) is 10.8. The molecule has 1 aliphatic rings. The molecule has 0 saturated heterocycles. The monoisotopic (exact) mass is 421 g/mol. The minimum Gasteiger partial charge on any atom is -0.472 e. The highest BCUT2D eigenvalue weighted by Crippen LogP contribution is 2.41. The topological polar surface area (TPSA) is 78.4 Å². The van der Waals surface area contributed by atoms with Crippen LogP contribution in [-0.2, 0) is 4.79 Å². The molecule has 3 rings (SSSR count). The Morgan fingerprint density at radius 1 is 1.23 bits per heavy atom. The number of para-hydroxylation sites is 1. The summed E-state index contributed by atoms with van der Waals surface area (Å²) in [5, 5.41) is 13.8. The molecule has 0 bridgehead atoms. The molecule has 2 heterocycles. The minimum absolute atomic E-state index is 0.235. The zero-order valence-corrected chi connectivity index (χ0v) is 18.2. The number of hydrogen-bond acceptors (Lipinski definition) is 5. The van der Waals surface area contributed by atoms with Gasteiger partial charge < -0.3 is 9.73 Å². The molecule has 2 atom stereocenters. The van der Waals surface area contributed by atoms with Gasteiger partial charge in [-0.25, -0.2) is 4.99 Å². The molecule has 0 spiro atoms. The number of hydrogen-bond donors (Lipinski definition) is 1. The smallest absolute Gasteiger partial charge is 0.254 e. The summed E-state index contributed by atoms with van der Waals surface area (Å²) in [4.78, 5) is 17.9. The fourth-order valence-corrected chi connectivity index (χ4v) is 4.75. The highest BCUT2D eigenvalue weighted by Gasteiger charge is 2.39. The Kier molecular flexibility index (Phi) is 7.92. The van der Waals surface area contributed by atoms with Gasteiger partial charge >= 0.3 is 0 Å². The summed E-state index contributed by atoms with van der Waals surface area (Å²) in [6.45, 7) is 4.04. The fraction of sp³-hybridized carbons (Fsp3) is 0.375. The van der Waals surface area contributed by atoms with E-state index in [1.165, 1.54) is 19.3 Å². The second-order valence-corrected chi connectivity index (χ2v) is 8.43. The Morgan fingerprint density at radius 3 is 2.70 bits per heavy atom. The number of rotatable bonds is 8. The molecule has 1 aromatic carbocycles. The first-order valence-corrected chi connectivity index (χ1v) is 11.3. The maximum atomic E-state index is 13.2. The molecule has 0 fully saturated rings. The lowest BCUT2D eigenvalue weighted by Gasteiger charge is -2.29. The molecule has 1 unspecified atom stereocenters. The van der Waals surface area contributed by atoms with Crippen LogP contribution in [0.5, 0.6) is 0 Å². The summed E-state index contributed by atoms with van der Waals surface area (Å²) in [7, 11) is 0. The van der Waals surface area contributed by atoms with Crippen molar-refractivity contribution in [2.24, 2.45) is 10.9 Å². The zero-order valence-electron chi connectivity index (χ0n) is 17.4. The zero-order chi connectivity index (χ0) is 21.3. The largest absolute Gasteiger partial charge is 0.472 e. The first-order chi connectivity index (χ1) is 14.7. The lowest BCUT2D eigenvalue weighted by atomic mass is 9.79. The van der Waals surface area contributed by atoms with Crippen molar-refractivity contribution >= 4 is 28.4 Å². The predicted molar refractivity (Wildman–Crippen MR) is 122 cm³/mol. The Bertz CT molecular complexity index is 943. The Labute approximate surface area is 182 Å². The van der Waals surface area contributed by atoms with Gasteiger partial charge in [0.15, 0.2) is 0 Å². The number of furan rings is 1. The highest BCUT2D eigenvalue weighted by atomic mass is 32.2. The van der Waals surface area contributed by atoms with Crippen molar-refractivity contribution in [3.8, 4) is 6.07 Å². The van der Waals surface area contributed by atoms with Crippen LogP contribution in [0.2, 0.25) is 0 Å². The lowest BCUT2D eigenvalue weighted by Crippen LogP contribution is -2.31. The molecule has 6 heteroatoms. The van der Waals surface area contributed by atoms with Crippen molar-refractivity contribution in [2.75, 3.05) is 11.1 Å². The number of nitrogens with one attached hydrogen (secondary N) is 1. The lowest BCUT2D eigenvalue weighted by molar-refractivity contribution is -0.113. The van der Waals surface area contributed by atoms with Crippen molar-refractivity contribution in [3.05, 3.63) is 65.8 Å². The molecule has 30 heavy (non-hydrogen) atoms. The third-order valence-corrected chi connectivity index (χ3v) is 6.28. The average molecular weight is 422 g/mol. The van der Waals surface area contributed by atoms with Crippen LogP contribution in [0.25, 0.3) is 0 Å². The number of benzene rings is 1. The maximum Gasteiger partial charge on any atom is 0.254 e. The SMILES string of the molecule is CCCCCCSC1=NC(C)=C(C(=O)Nc2ccccc2)[C@H](c2ccoc2)C1C#N. The van der Waals surface area contributed by atoms with E-state index in [-0.39, 0.29) is 5.91 Å². The second-order valence-electron chi connectivity index (χ2n) is 7.32. The summed E-state index contributed by atoms with van der Waals surface area (Å²) >= 11 is 1.63. The van der Waals surface area contributed by atoms with Gasteiger partial charge in [-0.1, -0.05) is 44.4 Å². The number of carbonyl (C=O) groups is 1. The number of allylic oxidation sites excluding steroid dienone is 1. The van der Waals surface area contributed by atoms with E-state index in [1.54, 1.807) is 24.3 Å². The van der Waals surface area contributed by atoms with Gasteiger partial charge in [-0.15, -0.1) is 11.8 Å². The van der Waals surface area contributed by atoms with E-state index < -0.39 is 11.8 Å². The van der Waals surface area contributed by atoms with Crippen molar-refractivity contribution < 1.29 is 9.21 Å². The number of aliphatic imine (C=N–C) groups is 1. The van der Waals surface area contributed by atoms with Crippen LogP contribution >= 0.6 is 11.8 Å². The maximum absolute atomic E-state index is 13.2. The Hall–Kier alpha value is -2.78. The van der Waals surface area contributed by atoms with Crippen LogP contribution in [0.4, 0.5) is 5.69 Å². The van der Waals surface area contributed by atoms with Gasteiger partial charge in [-0.05, 0) is 42.9 Å². The van der Waals surface area contributed by atoms with Gasteiger partial charge in [0.2, 0.25) is 0 Å². The number of anilines is 1. The summed E-state index contributed by atoms with van der Waals surface area (Å²) < 4.78 is 5.29. The Morgan fingerprint density at radius 2 is 2.03 bits per heavy atom.